The fourth-order valence-electron chi connectivity index (χ4n) is 1.98. The first-order chi connectivity index (χ1) is 11.3. The molecule has 24 heavy (non-hydrogen) atoms. The summed E-state index contributed by atoms with van der Waals surface area (Å²) in [5.74, 6) is -0.465. The van der Waals surface area contributed by atoms with Gasteiger partial charge in [0.1, 0.15) is 4.90 Å². The number of hydrogen-bond acceptors (Lipinski definition) is 4. The fraction of sp³-hybridized carbons (Fsp3) is 0.188. The van der Waals surface area contributed by atoms with Crippen LogP contribution in [0, 0.1) is 0 Å². The van der Waals surface area contributed by atoms with Gasteiger partial charge in [-0.3, -0.25) is 4.31 Å². The van der Waals surface area contributed by atoms with Crippen molar-refractivity contribution in [3.63, 3.8) is 0 Å². The van der Waals surface area contributed by atoms with Crippen molar-refractivity contribution in [3.05, 3.63) is 58.1 Å². The second kappa shape index (κ2) is 7.42. The zero-order valence-electron chi connectivity index (χ0n) is 13.0. The van der Waals surface area contributed by atoms with Crippen LogP contribution in [0.4, 0.5) is 5.69 Å². The molecule has 0 fully saturated rings. The maximum atomic E-state index is 12.7. The average molecular weight is 388 g/mol. The van der Waals surface area contributed by atoms with Gasteiger partial charge in [0.15, 0.2) is 0 Å². The SMILES string of the molecule is CCOC(=O)c1ccc(N(C)S(=O)(=O)c2cc(Cl)ccc2Cl)cc1. The molecule has 0 bridgehead atoms. The van der Waals surface area contributed by atoms with Gasteiger partial charge >= 0.3 is 5.97 Å². The van der Waals surface area contributed by atoms with Gasteiger partial charge in [-0.25, -0.2) is 13.2 Å². The Bertz CT molecular complexity index is 851. The van der Waals surface area contributed by atoms with Gasteiger partial charge in [0.2, 0.25) is 0 Å². The van der Waals surface area contributed by atoms with Crippen LogP contribution in [-0.2, 0) is 14.8 Å². The maximum absolute atomic E-state index is 12.7. The van der Waals surface area contributed by atoms with Crippen LogP contribution in [0.5, 0.6) is 0 Å². The minimum atomic E-state index is -3.89. The summed E-state index contributed by atoms with van der Waals surface area (Å²) in [6.45, 7) is 1.98. The normalized spacial score (nSPS) is 11.2. The first kappa shape index (κ1) is 18.6. The van der Waals surface area contributed by atoms with E-state index in [-0.39, 0.29) is 21.5 Å². The molecule has 0 aliphatic heterocycles. The van der Waals surface area contributed by atoms with Crippen LogP contribution in [0.15, 0.2) is 47.4 Å². The maximum Gasteiger partial charge on any atom is 0.338 e. The molecule has 0 atom stereocenters. The van der Waals surface area contributed by atoms with E-state index in [2.05, 4.69) is 0 Å². The summed E-state index contributed by atoms with van der Waals surface area (Å²) < 4.78 is 31.4. The molecule has 0 aromatic heterocycles. The monoisotopic (exact) mass is 387 g/mol. The minimum absolute atomic E-state index is 0.0781. The molecule has 0 unspecified atom stereocenters. The summed E-state index contributed by atoms with van der Waals surface area (Å²) in [4.78, 5) is 11.6. The third kappa shape index (κ3) is 3.83. The van der Waals surface area contributed by atoms with Crippen LogP contribution >= 0.6 is 23.2 Å². The molecule has 0 heterocycles. The Hall–Kier alpha value is -1.76. The second-order valence-electron chi connectivity index (χ2n) is 4.81. The second-order valence-corrected chi connectivity index (χ2v) is 7.60. The number of esters is 1. The van der Waals surface area contributed by atoms with E-state index in [9.17, 15) is 13.2 Å². The summed E-state index contributed by atoms with van der Waals surface area (Å²) in [5.41, 5.74) is 0.714. The first-order valence-corrected chi connectivity index (χ1v) is 9.18. The predicted molar refractivity (Wildman–Crippen MR) is 94.4 cm³/mol. The van der Waals surface area contributed by atoms with Crippen LogP contribution in [0.3, 0.4) is 0 Å². The van der Waals surface area contributed by atoms with Gasteiger partial charge in [-0.15, -0.1) is 0 Å². The summed E-state index contributed by atoms with van der Waals surface area (Å²) >= 11 is 11.9. The molecule has 0 radical (unpaired) electrons. The number of benzene rings is 2. The molecular formula is C16H15Cl2NO4S. The Labute approximate surface area is 150 Å². The molecule has 2 aromatic carbocycles. The third-order valence-electron chi connectivity index (χ3n) is 3.27. The number of carbonyl (C=O) groups is 1. The number of hydrogen-bond donors (Lipinski definition) is 0. The lowest BCUT2D eigenvalue weighted by atomic mass is 10.2. The summed E-state index contributed by atoms with van der Waals surface area (Å²) in [7, 11) is -2.49. The number of anilines is 1. The highest BCUT2D eigenvalue weighted by Crippen LogP contribution is 2.29. The molecule has 0 saturated heterocycles. The summed E-state index contributed by atoms with van der Waals surface area (Å²) in [6, 6.07) is 10.3. The van der Waals surface area contributed by atoms with Crippen molar-refractivity contribution in [2.45, 2.75) is 11.8 Å². The molecule has 0 N–H and O–H groups in total. The highest BCUT2D eigenvalue weighted by molar-refractivity contribution is 7.93. The van der Waals surface area contributed by atoms with Crippen molar-refractivity contribution in [2.24, 2.45) is 0 Å². The van der Waals surface area contributed by atoms with E-state index in [1.54, 1.807) is 6.92 Å². The van der Waals surface area contributed by atoms with Crippen LogP contribution in [0.25, 0.3) is 0 Å². The van der Waals surface area contributed by atoms with Crippen molar-refractivity contribution in [2.75, 3.05) is 18.0 Å². The van der Waals surface area contributed by atoms with Gasteiger partial charge < -0.3 is 4.74 Å². The quantitative estimate of drug-likeness (QED) is 0.727. The third-order valence-corrected chi connectivity index (χ3v) is 5.78. The summed E-state index contributed by atoms with van der Waals surface area (Å²) in [6.07, 6.45) is 0. The molecule has 2 aromatic rings. The first-order valence-electron chi connectivity index (χ1n) is 6.98. The highest BCUT2D eigenvalue weighted by atomic mass is 35.5. The van der Waals surface area contributed by atoms with Gasteiger partial charge in [0, 0.05) is 12.1 Å². The number of carbonyl (C=O) groups excluding carboxylic acids is 1. The van der Waals surface area contributed by atoms with Crippen LogP contribution in [0.2, 0.25) is 10.0 Å². The Morgan fingerprint density at radius 1 is 1.12 bits per heavy atom. The molecule has 0 amide bonds. The predicted octanol–water partition coefficient (Wildman–Crippen LogP) is 4.00. The lowest BCUT2D eigenvalue weighted by Gasteiger charge is -2.20. The topological polar surface area (TPSA) is 63.7 Å². The number of sulfonamides is 1. The number of rotatable bonds is 5. The summed E-state index contributed by atoms with van der Waals surface area (Å²) in [5, 5.41) is 0.346. The lowest BCUT2D eigenvalue weighted by Crippen LogP contribution is -2.26. The molecular weight excluding hydrogens is 373 g/mol. The van der Waals surface area contributed by atoms with Gasteiger partial charge in [-0.1, -0.05) is 23.2 Å². The molecule has 128 valence electrons. The van der Waals surface area contributed by atoms with Crippen molar-refractivity contribution >= 4 is 44.9 Å². The Morgan fingerprint density at radius 3 is 2.33 bits per heavy atom. The van der Waals surface area contributed by atoms with Crippen LogP contribution in [-0.4, -0.2) is 28.0 Å². The lowest BCUT2D eigenvalue weighted by molar-refractivity contribution is 0.0526. The van der Waals surface area contributed by atoms with E-state index in [1.165, 1.54) is 49.5 Å². The van der Waals surface area contributed by atoms with Gasteiger partial charge in [-0.2, -0.15) is 0 Å². The average Bonchev–Trinajstić information content (AvgIpc) is 2.56. The van der Waals surface area contributed by atoms with Crippen molar-refractivity contribution < 1.29 is 17.9 Å². The van der Waals surface area contributed by atoms with Gasteiger partial charge in [-0.05, 0) is 49.4 Å². The number of nitrogens with zero attached hydrogens (tertiary/aromatic N) is 1. The van der Waals surface area contributed by atoms with E-state index in [0.29, 0.717) is 11.3 Å². The Morgan fingerprint density at radius 2 is 1.75 bits per heavy atom. The largest absolute Gasteiger partial charge is 0.462 e. The van der Waals surface area contributed by atoms with E-state index >= 15 is 0 Å². The molecule has 5 nitrogen and oxygen atoms in total. The molecule has 0 saturated carbocycles. The van der Waals surface area contributed by atoms with E-state index in [0.717, 1.165) is 4.31 Å². The Kier molecular flexibility index (Phi) is 5.74. The molecule has 8 heteroatoms. The standard InChI is InChI=1S/C16H15Cl2NO4S/c1-3-23-16(20)11-4-7-13(8-5-11)19(2)24(21,22)15-10-12(17)6-9-14(15)18/h4-10H,3H2,1-2H3. The fourth-order valence-corrected chi connectivity index (χ4v) is 3.91. The molecule has 2 rings (SSSR count). The molecule has 0 aliphatic carbocycles. The number of ether oxygens (including phenoxy) is 1. The van der Waals surface area contributed by atoms with Crippen LogP contribution < -0.4 is 4.31 Å². The smallest absolute Gasteiger partial charge is 0.338 e. The highest BCUT2D eigenvalue weighted by Gasteiger charge is 2.24. The van der Waals surface area contributed by atoms with E-state index in [1.807, 2.05) is 0 Å². The van der Waals surface area contributed by atoms with Crippen molar-refractivity contribution in [1.82, 2.24) is 0 Å². The van der Waals surface area contributed by atoms with Gasteiger partial charge in [0.25, 0.3) is 10.0 Å². The zero-order chi connectivity index (χ0) is 17.9. The zero-order valence-corrected chi connectivity index (χ0v) is 15.3. The van der Waals surface area contributed by atoms with E-state index < -0.39 is 16.0 Å². The molecule has 0 spiro atoms. The Balaban J connectivity index is 2.35. The van der Waals surface area contributed by atoms with Gasteiger partial charge in [0.05, 0.1) is 22.9 Å². The molecule has 0 aliphatic rings. The van der Waals surface area contributed by atoms with Crippen molar-refractivity contribution in [1.29, 1.82) is 0 Å². The van der Waals surface area contributed by atoms with Crippen LogP contribution in [0.1, 0.15) is 17.3 Å². The minimum Gasteiger partial charge on any atom is -0.462 e. The number of halogens is 2. The van der Waals surface area contributed by atoms with E-state index in [4.69, 9.17) is 27.9 Å². The van der Waals surface area contributed by atoms with Crippen molar-refractivity contribution in [3.8, 4) is 0 Å².